The minimum Gasteiger partial charge on any atom is -0.383 e. The lowest BCUT2D eigenvalue weighted by Gasteiger charge is -2.35. The van der Waals surface area contributed by atoms with Gasteiger partial charge in [-0.05, 0) is 12.5 Å². The first kappa shape index (κ1) is 7.76. The Morgan fingerprint density at radius 1 is 1.75 bits per heavy atom. The number of aromatic nitrogens is 2. The average molecular weight is 168 g/mol. The van der Waals surface area contributed by atoms with E-state index in [1.54, 1.807) is 10.9 Å². The van der Waals surface area contributed by atoms with Gasteiger partial charge in [0.05, 0.1) is 26.0 Å². The van der Waals surface area contributed by atoms with E-state index in [1.807, 2.05) is 13.1 Å². The van der Waals surface area contributed by atoms with Crippen molar-refractivity contribution in [2.45, 2.75) is 19.1 Å². The van der Waals surface area contributed by atoms with Crippen LogP contribution in [0, 0.1) is 6.92 Å². The zero-order chi connectivity index (χ0) is 8.60. The Balaban J connectivity index is 2.03. The lowest BCUT2D eigenvalue weighted by Crippen LogP contribution is -2.52. The number of ether oxygens (including phenoxy) is 1. The minimum atomic E-state index is -0.682. The lowest BCUT2D eigenvalue weighted by atomic mass is 10.0. The van der Waals surface area contributed by atoms with Crippen molar-refractivity contribution in [2.24, 2.45) is 0 Å². The summed E-state index contributed by atoms with van der Waals surface area (Å²) in [6, 6.07) is 0. The standard InChI is InChI=1S/C8H12N2O2/c1-7-2-9-10(3-7)4-8(11)5-12-6-8/h2-3,11H,4-6H2,1H3. The zero-order valence-electron chi connectivity index (χ0n) is 7.03. The highest BCUT2D eigenvalue weighted by Crippen LogP contribution is 2.18. The van der Waals surface area contributed by atoms with Crippen molar-refractivity contribution < 1.29 is 9.84 Å². The van der Waals surface area contributed by atoms with Gasteiger partial charge in [-0.25, -0.2) is 0 Å². The van der Waals surface area contributed by atoms with Crippen molar-refractivity contribution in [2.75, 3.05) is 13.2 Å². The first-order chi connectivity index (χ1) is 5.68. The molecule has 4 heteroatoms. The molecule has 0 saturated carbocycles. The lowest BCUT2D eigenvalue weighted by molar-refractivity contribution is -0.186. The molecule has 1 fully saturated rings. The van der Waals surface area contributed by atoms with Crippen LogP contribution in [-0.2, 0) is 11.3 Å². The van der Waals surface area contributed by atoms with Crippen LogP contribution in [-0.4, -0.2) is 33.7 Å². The van der Waals surface area contributed by atoms with E-state index in [0.29, 0.717) is 19.8 Å². The van der Waals surface area contributed by atoms with Crippen LogP contribution in [0.2, 0.25) is 0 Å². The maximum Gasteiger partial charge on any atom is 0.131 e. The van der Waals surface area contributed by atoms with Gasteiger partial charge in [0.15, 0.2) is 0 Å². The van der Waals surface area contributed by atoms with Crippen molar-refractivity contribution in [3.05, 3.63) is 18.0 Å². The summed E-state index contributed by atoms with van der Waals surface area (Å²) in [5.41, 5.74) is 0.428. The molecular weight excluding hydrogens is 156 g/mol. The van der Waals surface area contributed by atoms with Crippen LogP contribution in [0.1, 0.15) is 5.56 Å². The zero-order valence-corrected chi connectivity index (χ0v) is 7.03. The molecule has 0 atom stereocenters. The smallest absolute Gasteiger partial charge is 0.131 e. The number of rotatable bonds is 2. The fourth-order valence-electron chi connectivity index (χ4n) is 1.28. The van der Waals surface area contributed by atoms with Gasteiger partial charge in [-0.3, -0.25) is 4.68 Å². The molecule has 0 aliphatic carbocycles. The molecule has 1 aliphatic rings. The fraction of sp³-hybridized carbons (Fsp3) is 0.625. The van der Waals surface area contributed by atoms with E-state index in [4.69, 9.17) is 4.74 Å². The van der Waals surface area contributed by atoms with Crippen LogP contribution in [0.15, 0.2) is 12.4 Å². The topological polar surface area (TPSA) is 47.3 Å². The number of hydrogen-bond acceptors (Lipinski definition) is 3. The third-order valence-electron chi connectivity index (χ3n) is 1.96. The Morgan fingerprint density at radius 3 is 2.92 bits per heavy atom. The molecular formula is C8H12N2O2. The molecule has 12 heavy (non-hydrogen) atoms. The highest BCUT2D eigenvalue weighted by molar-refractivity contribution is 5.00. The summed E-state index contributed by atoms with van der Waals surface area (Å²) in [6.07, 6.45) is 3.69. The van der Waals surface area contributed by atoms with Crippen LogP contribution >= 0.6 is 0 Å². The van der Waals surface area contributed by atoms with Crippen molar-refractivity contribution >= 4 is 0 Å². The van der Waals surface area contributed by atoms with Gasteiger partial charge in [-0.1, -0.05) is 0 Å². The maximum absolute atomic E-state index is 9.69. The SMILES string of the molecule is Cc1cnn(CC2(O)COC2)c1. The van der Waals surface area contributed by atoms with E-state index < -0.39 is 5.60 Å². The summed E-state index contributed by atoms with van der Waals surface area (Å²) < 4.78 is 6.67. The highest BCUT2D eigenvalue weighted by Gasteiger charge is 2.36. The minimum absolute atomic E-state index is 0.423. The Hall–Kier alpha value is -0.870. The van der Waals surface area contributed by atoms with Gasteiger partial charge < -0.3 is 9.84 Å². The molecule has 0 amide bonds. The number of aliphatic hydroxyl groups is 1. The fourth-order valence-corrected chi connectivity index (χ4v) is 1.28. The number of aryl methyl sites for hydroxylation is 1. The first-order valence-electron chi connectivity index (χ1n) is 3.97. The van der Waals surface area contributed by atoms with Crippen LogP contribution < -0.4 is 0 Å². The van der Waals surface area contributed by atoms with E-state index in [0.717, 1.165) is 5.56 Å². The maximum atomic E-state index is 9.69. The van der Waals surface area contributed by atoms with Crippen LogP contribution in [0.25, 0.3) is 0 Å². The molecule has 1 aromatic rings. The van der Waals surface area contributed by atoms with Gasteiger partial charge >= 0.3 is 0 Å². The molecule has 1 N–H and O–H groups in total. The average Bonchev–Trinajstić information content (AvgIpc) is 2.32. The normalized spacial score (nSPS) is 20.5. The van der Waals surface area contributed by atoms with Gasteiger partial charge in [0.2, 0.25) is 0 Å². The Bertz CT molecular complexity index is 278. The largest absolute Gasteiger partial charge is 0.383 e. The summed E-state index contributed by atoms with van der Waals surface area (Å²) in [5, 5.41) is 13.8. The molecule has 0 bridgehead atoms. The number of nitrogens with zero attached hydrogens (tertiary/aromatic N) is 2. The first-order valence-corrected chi connectivity index (χ1v) is 3.97. The molecule has 0 unspecified atom stereocenters. The van der Waals surface area contributed by atoms with Crippen molar-refractivity contribution in [1.82, 2.24) is 9.78 Å². The van der Waals surface area contributed by atoms with Crippen LogP contribution in [0.5, 0.6) is 0 Å². The third kappa shape index (κ3) is 1.35. The van der Waals surface area contributed by atoms with Crippen molar-refractivity contribution in [3.8, 4) is 0 Å². The summed E-state index contributed by atoms with van der Waals surface area (Å²) in [5.74, 6) is 0. The predicted molar refractivity (Wildman–Crippen MR) is 42.7 cm³/mol. The summed E-state index contributed by atoms with van der Waals surface area (Å²) in [4.78, 5) is 0. The van der Waals surface area contributed by atoms with Gasteiger partial charge in [-0.2, -0.15) is 5.10 Å². The summed E-state index contributed by atoms with van der Waals surface area (Å²) in [6.45, 7) is 3.35. The monoisotopic (exact) mass is 168 g/mol. The van der Waals surface area contributed by atoms with Gasteiger partial charge in [-0.15, -0.1) is 0 Å². The number of hydrogen-bond donors (Lipinski definition) is 1. The van der Waals surface area contributed by atoms with Crippen molar-refractivity contribution in [1.29, 1.82) is 0 Å². The van der Waals surface area contributed by atoms with E-state index in [1.165, 1.54) is 0 Å². The van der Waals surface area contributed by atoms with Crippen LogP contribution in [0.4, 0.5) is 0 Å². The molecule has 1 saturated heterocycles. The molecule has 0 spiro atoms. The Morgan fingerprint density at radius 2 is 2.50 bits per heavy atom. The molecule has 1 aromatic heterocycles. The van der Waals surface area contributed by atoms with E-state index in [9.17, 15) is 5.11 Å². The van der Waals surface area contributed by atoms with Crippen LogP contribution in [0.3, 0.4) is 0 Å². The molecule has 1 aliphatic heterocycles. The van der Waals surface area contributed by atoms with Gasteiger partial charge in [0, 0.05) is 6.20 Å². The van der Waals surface area contributed by atoms with E-state index >= 15 is 0 Å². The van der Waals surface area contributed by atoms with Gasteiger partial charge in [0.25, 0.3) is 0 Å². The highest BCUT2D eigenvalue weighted by atomic mass is 16.5. The molecule has 2 heterocycles. The molecule has 66 valence electrons. The Labute approximate surface area is 70.8 Å². The molecule has 0 radical (unpaired) electrons. The molecule has 4 nitrogen and oxygen atoms in total. The van der Waals surface area contributed by atoms with Crippen molar-refractivity contribution in [3.63, 3.8) is 0 Å². The predicted octanol–water partition coefficient (Wildman–Crippen LogP) is -0.0472. The second-order valence-electron chi connectivity index (χ2n) is 3.43. The summed E-state index contributed by atoms with van der Waals surface area (Å²) >= 11 is 0. The molecule has 0 aromatic carbocycles. The quantitative estimate of drug-likeness (QED) is 0.673. The van der Waals surface area contributed by atoms with Gasteiger partial charge in [0.1, 0.15) is 5.60 Å². The second-order valence-corrected chi connectivity index (χ2v) is 3.43. The van der Waals surface area contributed by atoms with E-state index in [-0.39, 0.29) is 0 Å². The molecule has 2 rings (SSSR count). The second kappa shape index (κ2) is 2.57. The van der Waals surface area contributed by atoms with E-state index in [2.05, 4.69) is 5.10 Å². The Kier molecular flexibility index (Phi) is 1.66. The summed E-state index contributed by atoms with van der Waals surface area (Å²) in [7, 11) is 0. The third-order valence-corrected chi connectivity index (χ3v) is 1.96.